The van der Waals surface area contributed by atoms with Crippen LogP contribution in [0.1, 0.15) is 31.2 Å². The Kier molecular flexibility index (Phi) is 6.83. The largest absolute Gasteiger partial charge is 0.504 e. The van der Waals surface area contributed by atoms with Crippen LogP contribution in [0.15, 0.2) is 72.3 Å². The van der Waals surface area contributed by atoms with Crippen molar-refractivity contribution >= 4 is 58.2 Å². The Morgan fingerprint density at radius 2 is 1.62 bits per heavy atom. The van der Waals surface area contributed by atoms with Gasteiger partial charge in [0.25, 0.3) is 0 Å². The van der Waals surface area contributed by atoms with E-state index in [0.717, 1.165) is 11.0 Å². The lowest BCUT2D eigenvalue weighted by atomic mass is 9.51. The molecule has 4 amide bonds. The highest BCUT2D eigenvalue weighted by Crippen LogP contribution is 2.65. The van der Waals surface area contributed by atoms with E-state index in [4.69, 9.17) is 27.9 Å². The van der Waals surface area contributed by atoms with Gasteiger partial charge in [-0.3, -0.25) is 24.1 Å². The van der Waals surface area contributed by atoms with Crippen LogP contribution in [-0.4, -0.2) is 35.8 Å². The van der Waals surface area contributed by atoms with E-state index in [1.165, 1.54) is 24.1 Å². The van der Waals surface area contributed by atoms with E-state index in [-0.39, 0.29) is 46.9 Å². The summed E-state index contributed by atoms with van der Waals surface area (Å²) in [6.45, 7) is 1.69. The maximum atomic E-state index is 14.5. The number of aromatic hydroxyl groups is 1. The number of hydrogen-bond acceptors (Lipinski definition) is 6. The molecule has 0 radical (unpaired) electrons. The first-order valence-electron chi connectivity index (χ1n) is 14.5. The Morgan fingerprint density at radius 3 is 2.31 bits per heavy atom. The predicted molar refractivity (Wildman–Crippen MR) is 165 cm³/mol. The molecular weight excluding hydrogens is 622 g/mol. The predicted octanol–water partition coefficient (Wildman–Crippen LogP) is 6.28. The molecule has 0 unspecified atom stereocenters. The van der Waals surface area contributed by atoms with Gasteiger partial charge in [0.15, 0.2) is 11.5 Å². The molecule has 2 aliphatic carbocycles. The van der Waals surface area contributed by atoms with Gasteiger partial charge in [-0.15, -0.1) is 0 Å². The number of benzene rings is 3. The number of carbonyl (C=O) groups excluding carboxylic acids is 4. The molecule has 2 heterocycles. The second-order valence-corrected chi connectivity index (χ2v) is 13.0. The third-order valence-electron chi connectivity index (χ3n) is 10.1. The van der Waals surface area contributed by atoms with E-state index < -0.39 is 52.6 Å². The summed E-state index contributed by atoms with van der Waals surface area (Å²) in [5.74, 6) is -6.30. The number of hydrogen-bond donors (Lipinski definition) is 1. The lowest BCUT2D eigenvalue weighted by Crippen LogP contribution is -2.48. The summed E-state index contributed by atoms with van der Waals surface area (Å²) in [6, 6.07) is 15.0. The first-order valence-corrected chi connectivity index (χ1v) is 15.3. The minimum absolute atomic E-state index is 0.119. The van der Waals surface area contributed by atoms with Gasteiger partial charge in [-0.25, -0.2) is 9.29 Å². The minimum atomic E-state index is -1.40. The molecule has 7 rings (SSSR count). The third kappa shape index (κ3) is 4.10. The SMILES string of the molecule is COc1cccc([C@H]2C3=CC[C@@H]4C(=O)N(c5ccc(Cl)cc5)C(=O)[C@@H]4[C@@H]3C[C@H]3C(=O)N(c4ccc(F)c(Cl)c4)C(=O)[C@@]23C)c1O. The van der Waals surface area contributed by atoms with Gasteiger partial charge in [-0.2, -0.15) is 0 Å². The van der Waals surface area contributed by atoms with E-state index in [9.17, 15) is 28.7 Å². The topological polar surface area (TPSA) is 104 Å². The number of ether oxygens (including phenoxy) is 1. The zero-order valence-electron chi connectivity index (χ0n) is 24.2. The van der Waals surface area contributed by atoms with Crippen molar-refractivity contribution in [2.45, 2.75) is 25.7 Å². The molecule has 230 valence electrons. The molecule has 1 saturated carbocycles. The average Bonchev–Trinajstić information content (AvgIpc) is 3.39. The van der Waals surface area contributed by atoms with Crippen molar-refractivity contribution in [1.82, 2.24) is 0 Å². The first-order chi connectivity index (χ1) is 21.5. The molecule has 3 fully saturated rings. The molecule has 0 bridgehead atoms. The Hall–Kier alpha value is -4.21. The van der Waals surface area contributed by atoms with Crippen molar-refractivity contribution in [2.24, 2.45) is 29.1 Å². The number of fused-ring (bicyclic) bond motifs is 4. The number of halogens is 3. The fourth-order valence-electron chi connectivity index (χ4n) is 8.01. The van der Waals surface area contributed by atoms with E-state index >= 15 is 0 Å². The lowest BCUT2D eigenvalue weighted by Gasteiger charge is -2.49. The minimum Gasteiger partial charge on any atom is -0.504 e. The summed E-state index contributed by atoms with van der Waals surface area (Å²) in [6.07, 6.45) is 2.25. The Morgan fingerprint density at radius 1 is 0.911 bits per heavy atom. The standard InChI is InChI=1S/C34H27Cl2FN2O6/c1-34-23(31(42)39(33(34)44)18-10-13-25(37)24(36)14-18)15-22-19(28(34)21-4-3-5-26(45-2)29(21)40)11-12-20-27(22)32(43)38(30(20)41)17-8-6-16(35)7-9-17/h3-11,13-14,20,22-23,27-28,40H,12,15H2,1-2H3/t20-,22+,23-,27-,28+,34+/m0/s1. The maximum Gasteiger partial charge on any atom is 0.241 e. The maximum absolute atomic E-state index is 14.5. The molecule has 3 aromatic rings. The smallest absolute Gasteiger partial charge is 0.241 e. The van der Waals surface area contributed by atoms with Gasteiger partial charge in [-0.05, 0) is 74.2 Å². The number of phenolic OH excluding ortho intramolecular Hbond substituents is 1. The number of nitrogens with zero attached hydrogens (tertiary/aromatic N) is 2. The highest BCUT2D eigenvalue weighted by Gasteiger charge is 2.68. The summed E-state index contributed by atoms with van der Waals surface area (Å²) in [4.78, 5) is 58.8. The molecule has 2 aliphatic heterocycles. The number of carbonyl (C=O) groups is 4. The molecule has 45 heavy (non-hydrogen) atoms. The van der Waals surface area contributed by atoms with Crippen molar-refractivity contribution in [3.8, 4) is 11.5 Å². The van der Waals surface area contributed by atoms with Gasteiger partial charge in [0.05, 0.1) is 46.7 Å². The summed E-state index contributed by atoms with van der Waals surface area (Å²) < 4.78 is 19.5. The fourth-order valence-corrected chi connectivity index (χ4v) is 8.31. The van der Waals surface area contributed by atoms with Crippen molar-refractivity contribution in [1.29, 1.82) is 0 Å². The van der Waals surface area contributed by atoms with Crippen LogP contribution in [0.4, 0.5) is 15.8 Å². The van der Waals surface area contributed by atoms with Gasteiger partial charge in [0.1, 0.15) is 5.82 Å². The zero-order valence-corrected chi connectivity index (χ0v) is 25.7. The third-order valence-corrected chi connectivity index (χ3v) is 10.6. The summed E-state index contributed by atoms with van der Waals surface area (Å²) >= 11 is 12.1. The highest BCUT2D eigenvalue weighted by atomic mass is 35.5. The van der Waals surface area contributed by atoms with Gasteiger partial charge in [0, 0.05) is 16.5 Å². The van der Waals surface area contributed by atoms with Gasteiger partial charge in [-0.1, -0.05) is 47.0 Å². The van der Waals surface area contributed by atoms with Crippen molar-refractivity contribution in [2.75, 3.05) is 16.9 Å². The molecule has 0 aromatic heterocycles. The van der Waals surface area contributed by atoms with Crippen LogP contribution >= 0.6 is 23.2 Å². The van der Waals surface area contributed by atoms with Crippen LogP contribution in [0.25, 0.3) is 0 Å². The number of imide groups is 2. The van der Waals surface area contributed by atoms with E-state index in [1.807, 2.05) is 6.08 Å². The van der Waals surface area contributed by atoms with Crippen molar-refractivity contribution < 1.29 is 33.4 Å². The van der Waals surface area contributed by atoms with Gasteiger partial charge < -0.3 is 9.84 Å². The molecular formula is C34H27Cl2FN2O6. The van der Waals surface area contributed by atoms with Crippen LogP contribution < -0.4 is 14.5 Å². The molecule has 2 saturated heterocycles. The summed E-state index contributed by atoms with van der Waals surface area (Å²) in [5, 5.41) is 11.6. The van der Waals surface area contributed by atoms with Crippen LogP contribution in [0.5, 0.6) is 11.5 Å². The normalized spacial score (nSPS) is 29.0. The fraction of sp³-hybridized carbons (Fsp3) is 0.294. The second-order valence-electron chi connectivity index (χ2n) is 12.1. The van der Waals surface area contributed by atoms with Crippen molar-refractivity contribution in [3.63, 3.8) is 0 Å². The molecule has 0 spiro atoms. The van der Waals surface area contributed by atoms with E-state index in [0.29, 0.717) is 21.8 Å². The van der Waals surface area contributed by atoms with Crippen LogP contribution in [0, 0.1) is 34.9 Å². The Bertz CT molecular complexity index is 1840. The lowest BCUT2D eigenvalue weighted by molar-refractivity contribution is -0.131. The Labute approximate surface area is 268 Å². The monoisotopic (exact) mass is 648 g/mol. The number of para-hydroxylation sites is 1. The van der Waals surface area contributed by atoms with Gasteiger partial charge >= 0.3 is 0 Å². The molecule has 6 atom stereocenters. The number of rotatable bonds is 4. The number of methoxy groups -OCH3 is 1. The van der Waals surface area contributed by atoms with E-state index in [2.05, 4.69) is 0 Å². The summed E-state index contributed by atoms with van der Waals surface area (Å²) in [5.41, 5.74) is 0.190. The summed E-state index contributed by atoms with van der Waals surface area (Å²) in [7, 11) is 1.41. The van der Waals surface area contributed by atoms with E-state index in [1.54, 1.807) is 49.4 Å². The Balaban J connectivity index is 1.39. The number of allylic oxidation sites excluding steroid dienone is 2. The number of amides is 4. The quantitative estimate of drug-likeness (QED) is 0.264. The van der Waals surface area contributed by atoms with Gasteiger partial charge in [0.2, 0.25) is 23.6 Å². The first kappa shape index (κ1) is 29.5. The highest BCUT2D eigenvalue weighted by molar-refractivity contribution is 6.32. The molecule has 11 heteroatoms. The van der Waals surface area contributed by atoms with Crippen LogP contribution in [-0.2, 0) is 19.2 Å². The molecule has 4 aliphatic rings. The second kappa shape index (κ2) is 10.4. The van der Waals surface area contributed by atoms with Crippen molar-refractivity contribution in [3.05, 3.63) is 93.7 Å². The number of phenols is 1. The zero-order chi connectivity index (χ0) is 31.9. The molecule has 8 nitrogen and oxygen atoms in total. The molecule has 3 aromatic carbocycles. The number of anilines is 2. The van der Waals surface area contributed by atoms with Crippen LogP contribution in [0.3, 0.4) is 0 Å². The molecule has 1 N–H and O–H groups in total. The average molecular weight is 650 g/mol. The van der Waals surface area contributed by atoms with Crippen LogP contribution in [0.2, 0.25) is 10.0 Å².